The Balaban J connectivity index is 1.93. The molecule has 1 aromatic carbocycles. The predicted octanol–water partition coefficient (Wildman–Crippen LogP) is 4.21. The SMILES string of the molecule is CCCCCCCC(=O)c1ccc2c(c1)CN(C)C(=O)N2. The molecule has 1 N–H and O–H groups in total. The number of unbranched alkanes of at least 4 members (excludes halogenated alkanes) is 4. The Morgan fingerprint density at radius 1 is 1.24 bits per heavy atom. The van der Waals surface area contributed by atoms with E-state index in [1.807, 2.05) is 18.2 Å². The first-order valence-corrected chi connectivity index (χ1v) is 7.80. The van der Waals surface area contributed by atoms with Crippen molar-refractivity contribution < 1.29 is 9.59 Å². The molecule has 114 valence electrons. The molecule has 1 aliphatic heterocycles. The lowest BCUT2D eigenvalue weighted by atomic mass is 10.00. The van der Waals surface area contributed by atoms with Crippen LogP contribution in [0.5, 0.6) is 0 Å². The average Bonchev–Trinajstić information content (AvgIpc) is 2.47. The maximum atomic E-state index is 12.2. The number of fused-ring (bicyclic) bond motifs is 1. The van der Waals surface area contributed by atoms with Crippen molar-refractivity contribution in [2.75, 3.05) is 12.4 Å². The number of carbonyl (C=O) groups is 2. The second-order valence-electron chi connectivity index (χ2n) is 5.75. The van der Waals surface area contributed by atoms with Crippen LogP contribution >= 0.6 is 0 Å². The summed E-state index contributed by atoms with van der Waals surface area (Å²) in [5, 5.41) is 2.82. The third-order valence-electron chi connectivity index (χ3n) is 3.93. The predicted molar refractivity (Wildman–Crippen MR) is 84.6 cm³/mol. The fourth-order valence-corrected chi connectivity index (χ4v) is 2.59. The van der Waals surface area contributed by atoms with Gasteiger partial charge in [-0.3, -0.25) is 4.79 Å². The van der Waals surface area contributed by atoms with Crippen LogP contribution in [0.15, 0.2) is 18.2 Å². The number of hydrogen-bond donors (Lipinski definition) is 1. The Hall–Kier alpha value is -1.84. The number of Topliss-reactive ketones (excluding diaryl/α,β-unsaturated/α-hetero) is 1. The van der Waals surface area contributed by atoms with Gasteiger partial charge in [0.1, 0.15) is 0 Å². The van der Waals surface area contributed by atoms with Crippen molar-refractivity contribution in [3.05, 3.63) is 29.3 Å². The normalized spacial score (nSPS) is 13.8. The van der Waals surface area contributed by atoms with E-state index < -0.39 is 0 Å². The first kappa shape index (κ1) is 15.5. The van der Waals surface area contributed by atoms with Gasteiger partial charge in [-0.2, -0.15) is 0 Å². The zero-order chi connectivity index (χ0) is 15.2. The van der Waals surface area contributed by atoms with Gasteiger partial charge in [-0.25, -0.2) is 4.79 Å². The maximum Gasteiger partial charge on any atom is 0.321 e. The summed E-state index contributed by atoms with van der Waals surface area (Å²) >= 11 is 0. The average molecular weight is 288 g/mol. The molecule has 1 heterocycles. The number of benzene rings is 1. The smallest absolute Gasteiger partial charge is 0.321 e. The van der Waals surface area contributed by atoms with Gasteiger partial charge >= 0.3 is 6.03 Å². The Bertz CT molecular complexity index is 526. The van der Waals surface area contributed by atoms with E-state index in [-0.39, 0.29) is 11.8 Å². The number of hydrogen-bond acceptors (Lipinski definition) is 2. The van der Waals surface area contributed by atoms with E-state index in [0.717, 1.165) is 29.7 Å². The molecule has 21 heavy (non-hydrogen) atoms. The standard InChI is InChI=1S/C17H24N2O2/c1-3-4-5-6-7-8-16(20)13-9-10-15-14(11-13)12-19(2)17(21)18-15/h9-11H,3-8,12H2,1-2H3,(H,18,21). The summed E-state index contributed by atoms with van der Waals surface area (Å²) in [5.41, 5.74) is 2.58. The molecule has 4 nitrogen and oxygen atoms in total. The summed E-state index contributed by atoms with van der Waals surface area (Å²) < 4.78 is 0. The van der Waals surface area contributed by atoms with Crippen molar-refractivity contribution in [1.82, 2.24) is 4.90 Å². The molecule has 1 aromatic rings. The van der Waals surface area contributed by atoms with E-state index in [1.165, 1.54) is 19.3 Å². The molecule has 2 amide bonds. The van der Waals surface area contributed by atoms with E-state index in [1.54, 1.807) is 11.9 Å². The number of nitrogens with one attached hydrogen (secondary N) is 1. The van der Waals surface area contributed by atoms with Crippen LogP contribution in [0, 0.1) is 0 Å². The zero-order valence-electron chi connectivity index (χ0n) is 12.9. The molecule has 0 atom stereocenters. The summed E-state index contributed by atoms with van der Waals surface area (Å²) in [4.78, 5) is 25.4. The van der Waals surface area contributed by atoms with Gasteiger partial charge in [0.25, 0.3) is 0 Å². The molecular formula is C17H24N2O2. The van der Waals surface area contributed by atoms with Gasteiger partial charge in [0.05, 0.1) is 0 Å². The highest BCUT2D eigenvalue weighted by Crippen LogP contribution is 2.24. The highest BCUT2D eigenvalue weighted by atomic mass is 16.2. The number of amides is 2. The van der Waals surface area contributed by atoms with E-state index >= 15 is 0 Å². The number of nitrogens with zero attached hydrogens (tertiary/aromatic N) is 1. The van der Waals surface area contributed by atoms with Crippen LogP contribution in [-0.4, -0.2) is 23.8 Å². The van der Waals surface area contributed by atoms with Crippen molar-refractivity contribution in [2.45, 2.75) is 52.0 Å². The van der Waals surface area contributed by atoms with Crippen LogP contribution in [-0.2, 0) is 6.54 Å². The fraction of sp³-hybridized carbons (Fsp3) is 0.529. The molecule has 0 fully saturated rings. The zero-order valence-corrected chi connectivity index (χ0v) is 12.9. The number of anilines is 1. The lowest BCUT2D eigenvalue weighted by molar-refractivity contribution is 0.0979. The molecule has 0 unspecified atom stereocenters. The Morgan fingerprint density at radius 3 is 2.76 bits per heavy atom. The molecule has 4 heteroatoms. The third-order valence-corrected chi connectivity index (χ3v) is 3.93. The monoisotopic (exact) mass is 288 g/mol. The van der Waals surface area contributed by atoms with Gasteiger partial charge in [-0.15, -0.1) is 0 Å². The van der Waals surface area contributed by atoms with Crippen LogP contribution in [0.25, 0.3) is 0 Å². The molecule has 0 radical (unpaired) electrons. The first-order valence-electron chi connectivity index (χ1n) is 7.80. The molecule has 0 aliphatic carbocycles. The first-order chi connectivity index (χ1) is 10.1. The Labute approximate surface area is 126 Å². The fourth-order valence-electron chi connectivity index (χ4n) is 2.59. The van der Waals surface area contributed by atoms with Crippen molar-refractivity contribution in [1.29, 1.82) is 0 Å². The molecule has 0 spiro atoms. The highest BCUT2D eigenvalue weighted by molar-refractivity contribution is 5.98. The topological polar surface area (TPSA) is 49.4 Å². The molecule has 1 aliphatic rings. The van der Waals surface area contributed by atoms with E-state index in [0.29, 0.717) is 13.0 Å². The minimum Gasteiger partial charge on any atom is -0.323 e. The summed E-state index contributed by atoms with van der Waals surface area (Å²) in [5.74, 6) is 0.203. The van der Waals surface area contributed by atoms with Crippen LogP contribution in [0.4, 0.5) is 10.5 Å². The second kappa shape index (κ2) is 7.25. The molecule has 0 aromatic heterocycles. The van der Waals surface area contributed by atoms with E-state index in [9.17, 15) is 9.59 Å². The van der Waals surface area contributed by atoms with Gasteiger partial charge in [0, 0.05) is 31.3 Å². The van der Waals surface area contributed by atoms with Crippen molar-refractivity contribution in [3.63, 3.8) is 0 Å². The molecule has 0 saturated carbocycles. The van der Waals surface area contributed by atoms with Crippen LogP contribution < -0.4 is 5.32 Å². The number of urea groups is 1. The van der Waals surface area contributed by atoms with E-state index in [4.69, 9.17) is 0 Å². The largest absolute Gasteiger partial charge is 0.323 e. The second-order valence-corrected chi connectivity index (χ2v) is 5.75. The van der Waals surface area contributed by atoms with Gasteiger partial charge in [0.15, 0.2) is 5.78 Å². The quantitative estimate of drug-likeness (QED) is 0.603. The molecule has 2 rings (SSSR count). The van der Waals surface area contributed by atoms with Crippen LogP contribution in [0.2, 0.25) is 0 Å². The third kappa shape index (κ3) is 4.06. The minimum atomic E-state index is -0.0995. The Morgan fingerprint density at radius 2 is 2.00 bits per heavy atom. The lowest BCUT2D eigenvalue weighted by Gasteiger charge is -2.26. The van der Waals surface area contributed by atoms with Gasteiger partial charge in [0.2, 0.25) is 0 Å². The molecular weight excluding hydrogens is 264 g/mol. The highest BCUT2D eigenvalue weighted by Gasteiger charge is 2.20. The number of carbonyl (C=O) groups excluding carboxylic acids is 2. The van der Waals surface area contributed by atoms with Gasteiger partial charge in [-0.1, -0.05) is 32.6 Å². The van der Waals surface area contributed by atoms with Gasteiger partial charge < -0.3 is 10.2 Å². The summed E-state index contributed by atoms with van der Waals surface area (Å²) in [6.07, 6.45) is 6.39. The van der Waals surface area contributed by atoms with Crippen LogP contribution in [0.1, 0.15) is 61.4 Å². The summed E-state index contributed by atoms with van der Waals surface area (Å²) in [7, 11) is 1.75. The summed E-state index contributed by atoms with van der Waals surface area (Å²) in [6, 6.07) is 5.47. The van der Waals surface area contributed by atoms with Crippen molar-refractivity contribution in [3.8, 4) is 0 Å². The van der Waals surface area contributed by atoms with E-state index in [2.05, 4.69) is 12.2 Å². The number of ketones is 1. The Kier molecular flexibility index (Phi) is 5.37. The summed E-state index contributed by atoms with van der Waals surface area (Å²) in [6.45, 7) is 2.74. The molecule has 0 bridgehead atoms. The lowest BCUT2D eigenvalue weighted by Crippen LogP contribution is -2.35. The number of rotatable bonds is 7. The van der Waals surface area contributed by atoms with Crippen molar-refractivity contribution >= 4 is 17.5 Å². The van der Waals surface area contributed by atoms with Crippen LogP contribution in [0.3, 0.4) is 0 Å². The minimum absolute atomic E-state index is 0.0995. The van der Waals surface area contributed by atoms with Crippen molar-refractivity contribution in [2.24, 2.45) is 0 Å². The van der Waals surface area contributed by atoms with Gasteiger partial charge in [-0.05, 0) is 30.2 Å². The maximum absolute atomic E-state index is 12.2. The molecule has 0 saturated heterocycles.